The highest BCUT2D eigenvalue weighted by Crippen LogP contribution is 2.45. The molecule has 0 aliphatic carbocycles. The van der Waals surface area contributed by atoms with Gasteiger partial charge < -0.3 is 13.7 Å². The number of hydrogen-bond acceptors (Lipinski definition) is 2. The van der Waals surface area contributed by atoms with Crippen LogP contribution in [0.1, 0.15) is 0 Å². The van der Waals surface area contributed by atoms with Crippen LogP contribution < -0.4 is 4.90 Å². The first-order chi connectivity index (χ1) is 31.2. The van der Waals surface area contributed by atoms with E-state index in [1.165, 1.54) is 65.9 Å². The van der Waals surface area contributed by atoms with Gasteiger partial charge in [-0.05, 0) is 99.6 Å². The molecule has 0 amide bonds. The highest BCUT2D eigenvalue weighted by molar-refractivity contribution is 6.27. The Balaban J connectivity index is 0.908. The molecule has 3 aromatic heterocycles. The Morgan fingerprint density at radius 1 is 0.317 bits per heavy atom. The highest BCUT2D eigenvalue weighted by Gasteiger charge is 2.21. The lowest BCUT2D eigenvalue weighted by Gasteiger charge is -2.26. The molecule has 0 N–H and O–H groups in total. The summed E-state index contributed by atoms with van der Waals surface area (Å²) in [4.78, 5) is 2.35. The standard InChI is InChI=1S/C60H38N2O/c1-3-12-39(13-4-1)41-22-29-45(30-23-41)61(47-33-26-43(27-34-47)49-18-11-19-53-51-35-28-44(38-57(51)63-60(49)53)40-14-5-2-6-15-40)46-31-24-42(25-32-46)48-36-37-52-50-16-7-9-20-55(50)62-56-21-10-8-17-54(56)58(48)59(52)62/h1-38H. The van der Waals surface area contributed by atoms with Crippen molar-refractivity contribution in [3.8, 4) is 44.5 Å². The van der Waals surface area contributed by atoms with Crippen molar-refractivity contribution in [1.29, 1.82) is 0 Å². The summed E-state index contributed by atoms with van der Waals surface area (Å²) in [5, 5.41) is 7.40. The summed E-state index contributed by atoms with van der Waals surface area (Å²) in [6.07, 6.45) is 0. The number of aromatic nitrogens is 1. The van der Waals surface area contributed by atoms with Crippen molar-refractivity contribution >= 4 is 77.1 Å². The molecule has 0 fully saturated rings. The topological polar surface area (TPSA) is 20.8 Å². The molecule has 3 nitrogen and oxygen atoms in total. The van der Waals surface area contributed by atoms with Crippen LogP contribution in [-0.4, -0.2) is 4.40 Å². The van der Waals surface area contributed by atoms with E-state index in [9.17, 15) is 0 Å². The number of benzene rings is 10. The molecule has 0 atom stereocenters. The van der Waals surface area contributed by atoms with Crippen LogP contribution in [0.25, 0.3) is 105 Å². The zero-order valence-corrected chi connectivity index (χ0v) is 34.2. The molecule has 294 valence electrons. The second-order valence-corrected chi connectivity index (χ2v) is 16.5. The fraction of sp³-hybridized carbons (Fsp3) is 0. The molecule has 0 radical (unpaired) electrons. The summed E-state index contributed by atoms with van der Waals surface area (Å²) in [5.74, 6) is 0. The number of fused-ring (bicyclic) bond motifs is 9. The van der Waals surface area contributed by atoms with E-state index in [4.69, 9.17) is 4.42 Å². The lowest BCUT2D eigenvalue weighted by Crippen LogP contribution is -2.09. The van der Waals surface area contributed by atoms with Crippen LogP contribution in [0.4, 0.5) is 17.1 Å². The quantitative estimate of drug-likeness (QED) is 0.160. The number of furan rings is 1. The molecular weight excluding hydrogens is 765 g/mol. The monoisotopic (exact) mass is 802 g/mol. The van der Waals surface area contributed by atoms with Crippen LogP contribution in [-0.2, 0) is 0 Å². The van der Waals surface area contributed by atoms with Gasteiger partial charge in [0.15, 0.2) is 0 Å². The number of anilines is 3. The molecule has 13 rings (SSSR count). The van der Waals surface area contributed by atoms with Crippen molar-refractivity contribution in [2.75, 3.05) is 4.90 Å². The SMILES string of the molecule is c1ccc(-c2ccc(N(c3ccc(-c4cccc5c4oc4cc(-c6ccccc6)ccc45)cc3)c3ccc(-c4ccc5c6ccccc6n6c7ccccc7c4c56)cc3)cc2)cc1. The molecule has 0 spiro atoms. The minimum Gasteiger partial charge on any atom is -0.455 e. The molecule has 0 bridgehead atoms. The largest absolute Gasteiger partial charge is 0.455 e. The van der Waals surface area contributed by atoms with E-state index in [2.05, 4.69) is 234 Å². The Bertz CT molecular complexity index is 3810. The van der Waals surface area contributed by atoms with Crippen LogP contribution in [0.15, 0.2) is 235 Å². The predicted octanol–water partition coefficient (Wildman–Crippen LogP) is 16.9. The summed E-state index contributed by atoms with van der Waals surface area (Å²) in [6.45, 7) is 0. The number of para-hydroxylation sites is 3. The lowest BCUT2D eigenvalue weighted by molar-refractivity contribution is 0.670. The van der Waals surface area contributed by atoms with E-state index in [1.807, 2.05) is 6.07 Å². The van der Waals surface area contributed by atoms with Crippen LogP contribution >= 0.6 is 0 Å². The van der Waals surface area contributed by atoms with Crippen molar-refractivity contribution in [2.45, 2.75) is 0 Å². The molecule has 13 aromatic rings. The number of hydrogen-bond donors (Lipinski definition) is 0. The molecule has 0 saturated carbocycles. The average molecular weight is 803 g/mol. The molecular formula is C60H38N2O. The maximum atomic E-state index is 6.68. The second kappa shape index (κ2) is 14.1. The maximum Gasteiger partial charge on any atom is 0.143 e. The molecule has 63 heavy (non-hydrogen) atoms. The summed E-state index contributed by atoms with van der Waals surface area (Å²) >= 11 is 0. The fourth-order valence-corrected chi connectivity index (χ4v) is 10.00. The van der Waals surface area contributed by atoms with E-state index in [-0.39, 0.29) is 0 Å². The third-order valence-corrected chi connectivity index (χ3v) is 13.0. The number of rotatable bonds is 7. The minimum atomic E-state index is 0.893. The van der Waals surface area contributed by atoms with Crippen molar-refractivity contribution in [3.63, 3.8) is 0 Å². The maximum absolute atomic E-state index is 6.68. The van der Waals surface area contributed by atoms with Crippen molar-refractivity contribution < 1.29 is 4.42 Å². The smallest absolute Gasteiger partial charge is 0.143 e. The van der Waals surface area contributed by atoms with E-state index < -0.39 is 0 Å². The van der Waals surface area contributed by atoms with E-state index in [1.54, 1.807) is 0 Å². The van der Waals surface area contributed by atoms with Crippen molar-refractivity contribution in [3.05, 3.63) is 231 Å². The Morgan fingerprint density at radius 2 is 0.810 bits per heavy atom. The van der Waals surface area contributed by atoms with Gasteiger partial charge in [0.2, 0.25) is 0 Å². The zero-order chi connectivity index (χ0) is 41.4. The molecule has 0 unspecified atom stereocenters. The zero-order valence-electron chi connectivity index (χ0n) is 34.2. The van der Waals surface area contributed by atoms with Gasteiger partial charge in [-0.15, -0.1) is 0 Å². The molecule has 0 aliphatic rings. The van der Waals surface area contributed by atoms with Gasteiger partial charge in [0.05, 0.1) is 16.6 Å². The molecule has 10 aromatic carbocycles. The fourth-order valence-electron chi connectivity index (χ4n) is 10.00. The second-order valence-electron chi connectivity index (χ2n) is 16.5. The summed E-state index contributed by atoms with van der Waals surface area (Å²) in [7, 11) is 0. The van der Waals surface area contributed by atoms with Gasteiger partial charge in [0.25, 0.3) is 0 Å². The lowest BCUT2D eigenvalue weighted by atomic mass is 9.97. The molecule has 3 heteroatoms. The van der Waals surface area contributed by atoms with Crippen molar-refractivity contribution in [1.82, 2.24) is 4.40 Å². The molecule has 3 heterocycles. The summed E-state index contributed by atoms with van der Waals surface area (Å²) < 4.78 is 9.13. The Labute approximate surface area is 364 Å². The van der Waals surface area contributed by atoms with Gasteiger partial charge in [-0.2, -0.15) is 0 Å². The van der Waals surface area contributed by atoms with Crippen LogP contribution in [0.3, 0.4) is 0 Å². The van der Waals surface area contributed by atoms with Crippen LogP contribution in [0, 0.1) is 0 Å². The van der Waals surface area contributed by atoms with Gasteiger partial charge in [-0.25, -0.2) is 0 Å². The van der Waals surface area contributed by atoms with E-state index in [0.29, 0.717) is 0 Å². The average Bonchev–Trinajstić information content (AvgIpc) is 4.03. The van der Waals surface area contributed by atoms with Gasteiger partial charge in [0, 0.05) is 54.9 Å². The first-order valence-corrected chi connectivity index (χ1v) is 21.6. The summed E-state index contributed by atoms with van der Waals surface area (Å²) in [6, 6.07) is 83.2. The minimum absolute atomic E-state index is 0.893. The van der Waals surface area contributed by atoms with Gasteiger partial charge in [-0.1, -0.05) is 170 Å². The third-order valence-electron chi connectivity index (χ3n) is 13.0. The number of nitrogens with zero attached hydrogens (tertiary/aromatic N) is 2. The Kier molecular flexibility index (Phi) is 7.91. The first kappa shape index (κ1) is 35.4. The van der Waals surface area contributed by atoms with Gasteiger partial charge in [-0.3, -0.25) is 0 Å². The van der Waals surface area contributed by atoms with E-state index >= 15 is 0 Å². The van der Waals surface area contributed by atoms with Gasteiger partial charge >= 0.3 is 0 Å². The summed E-state index contributed by atoms with van der Waals surface area (Å²) in [5.41, 5.74) is 18.1. The van der Waals surface area contributed by atoms with Gasteiger partial charge in [0.1, 0.15) is 11.2 Å². The predicted molar refractivity (Wildman–Crippen MR) is 265 cm³/mol. The Hall–Kier alpha value is -8.40. The third kappa shape index (κ3) is 5.60. The highest BCUT2D eigenvalue weighted by atomic mass is 16.3. The molecule has 0 aliphatic heterocycles. The Morgan fingerprint density at radius 3 is 1.48 bits per heavy atom. The van der Waals surface area contributed by atoms with Crippen LogP contribution in [0.5, 0.6) is 0 Å². The van der Waals surface area contributed by atoms with Crippen molar-refractivity contribution in [2.24, 2.45) is 0 Å². The van der Waals surface area contributed by atoms with Crippen LogP contribution in [0.2, 0.25) is 0 Å². The normalized spacial score (nSPS) is 11.8. The molecule has 0 saturated heterocycles. The van der Waals surface area contributed by atoms with E-state index in [0.717, 1.165) is 55.7 Å². The first-order valence-electron chi connectivity index (χ1n) is 21.6.